The Labute approximate surface area is 165 Å². The van der Waals surface area contributed by atoms with Crippen molar-refractivity contribution in [2.24, 2.45) is 5.92 Å². The molecule has 6 heteroatoms. The van der Waals surface area contributed by atoms with Crippen LogP contribution in [-0.2, 0) is 21.5 Å². The Bertz CT molecular complexity index is 836. The number of imide groups is 1. The molecule has 0 aromatic heterocycles. The summed E-state index contributed by atoms with van der Waals surface area (Å²) in [6.07, 6.45) is 8.19. The molecular weight excluding hydrogens is 354 g/mol. The molecule has 2 saturated heterocycles. The second kappa shape index (κ2) is 6.61. The van der Waals surface area contributed by atoms with Crippen LogP contribution in [0.1, 0.15) is 56.1 Å². The third-order valence-corrected chi connectivity index (χ3v) is 7.28. The molecule has 1 aromatic carbocycles. The Morgan fingerprint density at radius 1 is 1.11 bits per heavy atom. The molecule has 0 bridgehead atoms. The average Bonchev–Trinajstić information content (AvgIpc) is 3.21. The molecule has 4 amide bonds. The van der Waals surface area contributed by atoms with Crippen LogP contribution in [0.4, 0.5) is 4.79 Å². The van der Waals surface area contributed by atoms with Crippen molar-refractivity contribution in [2.45, 2.75) is 62.9 Å². The molecule has 1 N–H and O–H groups in total. The summed E-state index contributed by atoms with van der Waals surface area (Å²) in [5, 5.41) is 2.92. The molecule has 1 spiro atoms. The van der Waals surface area contributed by atoms with Crippen molar-refractivity contribution >= 4 is 17.8 Å². The van der Waals surface area contributed by atoms with Gasteiger partial charge in [0, 0.05) is 12.6 Å². The quantitative estimate of drug-likeness (QED) is 0.801. The predicted molar refractivity (Wildman–Crippen MR) is 103 cm³/mol. The van der Waals surface area contributed by atoms with Crippen molar-refractivity contribution in [3.05, 3.63) is 35.4 Å². The van der Waals surface area contributed by atoms with Gasteiger partial charge in [0.1, 0.15) is 12.1 Å². The van der Waals surface area contributed by atoms with Gasteiger partial charge in [-0.1, -0.05) is 37.1 Å². The van der Waals surface area contributed by atoms with Gasteiger partial charge in [-0.2, -0.15) is 0 Å². The van der Waals surface area contributed by atoms with Crippen molar-refractivity contribution in [2.75, 3.05) is 13.1 Å². The minimum absolute atomic E-state index is 0.0802. The monoisotopic (exact) mass is 381 g/mol. The van der Waals surface area contributed by atoms with E-state index < -0.39 is 11.6 Å². The number of fused-ring (bicyclic) bond motifs is 3. The zero-order valence-electron chi connectivity index (χ0n) is 16.2. The number of hydrogen-bond donors (Lipinski definition) is 1. The summed E-state index contributed by atoms with van der Waals surface area (Å²) in [6, 6.07) is 7.63. The highest BCUT2D eigenvalue weighted by atomic mass is 16.2. The van der Waals surface area contributed by atoms with Crippen molar-refractivity contribution in [3.63, 3.8) is 0 Å². The largest absolute Gasteiger partial charge is 0.338 e. The number of likely N-dealkylation sites (tertiary alicyclic amines) is 1. The Hall–Kier alpha value is -2.37. The first-order valence-corrected chi connectivity index (χ1v) is 10.6. The first-order valence-electron chi connectivity index (χ1n) is 10.6. The molecule has 6 nitrogen and oxygen atoms in total. The molecule has 2 heterocycles. The number of aryl methyl sites for hydroxylation is 1. The van der Waals surface area contributed by atoms with E-state index in [0.29, 0.717) is 12.3 Å². The van der Waals surface area contributed by atoms with Crippen LogP contribution in [0.15, 0.2) is 24.3 Å². The zero-order chi connectivity index (χ0) is 19.3. The molecule has 148 valence electrons. The van der Waals surface area contributed by atoms with Crippen LogP contribution in [0.25, 0.3) is 0 Å². The molecule has 0 unspecified atom stereocenters. The molecule has 4 aliphatic rings. The molecule has 0 radical (unpaired) electrons. The fraction of sp³-hybridized carbons (Fsp3) is 0.591. The first-order chi connectivity index (χ1) is 13.6. The third kappa shape index (κ3) is 2.57. The SMILES string of the molecule is O=C1N[C@]2(CCc3ccccc32)C(=O)N1CC(=O)N1CCC[C@@H]2CCCC[C@@H]21. The van der Waals surface area contributed by atoms with E-state index in [2.05, 4.69) is 5.32 Å². The highest BCUT2D eigenvalue weighted by Gasteiger charge is 2.55. The fourth-order valence-corrected chi connectivity index (χ4v) is 5.89. The molecule has 3 atom stereocenters. The number of hydrogen-bond acceptors (Lipinski definition) is 3. The number of urea groups is 1. The predicted octanol–water partition coefficient (Wildman–Crippen LogP) is 2.56. The van der Waals surface area contributed by atoms with Crippen LogP contribution < -0.4 is 5.32 Å². The lowest BCUT2D eigenvalue weighted by atomic mass is 9.78. The average molecular weight is 381 g/mol. The molecule has 1 saturated carbocycles. The maximum absolute atomic E-state index is 13.3. The van der Waals surface area contributed by atoms with Gasteiger partial charge in [0.05, 0.1) is 0 Å². The van der Waals surface area contributed by atoms with E-state index in [9.17, 15) is 14.4 Å². The summed E-state index contributed by atoms with van der Waals surface area (Å²) >= 11 is 0. The van der Waals surface area contributed by atoms with Gasteiger partial charge in [-0.25, -0.2) is 4.79 Å². The van der Waals surface area contributed by atoms with E-state index in [1.54, 1.807) is 0 Å². The second-order valence-corrected chi connectivity index (χ2v) is 8.73. The lowest BCUT2D eigenvalue weighted by molar-refractivity contribution is -0.143. The lowest BCUT2D eigenvalue weighted by Gasteiger charge is -2.44. The van der Waals surface area contributed by atoms with Crippen molar-refractivity contribution in [3.8, 4) is 0 Å². The van der Waals surface area contributed by atoms with Crippen molar-refractivity contribution in [1.29, 1.82) is 0 Å². The van der Waals surface area contributed by atoms with Gasteiger partial charge < -0.3 is 10.2 Å². The van der Waals surface area contributed by atoms with Gasteiger partial charge >= 0.3 is 6.03 Å². The second-order valence-electron chi connectivity index (χ2n) is 8.73. The highest BCUT2D eigenvalue weighted by molar-refractivity contribution is 6.09. The number of benzene rings is 1. The lowest BCUT2D eigenvalue weighted by Crippen LogP contribution is -2.53. The van der Waals surface area contributed by atoms with Crippen molar-refractivity contribution < 1.29 is 14.4 Å². The van der Waals surface area contributed by atoms with Gasteiger partial charge in [-0.05, 0) is 55.6 Å². The Morgan fingerprint density at radius 2 is 1.89 bits per heavy atom. The Balaban J connectivity index is 1.35. The minimum Gasteiger partial charge on any atom is -0.338 e. The van der Waals surface area contributed by atoms with Crippen LogP contribution in [0.2, 0.25) is 0 Å². The van der Waals surface area contributed by atoms with Gasteiger partial charge in [0.25, 0.3) is 5.91 Å². The van der Waals surface area contributed by atoms with Gasteiger partial charge in [0.2, 0.25) is 5.91 Å². The number of nitrogens with zero attached hydrogens (tertiary/aromatic N) is 2. The number of carbonyl (C=O) groups excluding carboxylic acids is 3. The topological polar surface area (TPSA) is 69.7 Å². The van der Waals surface area contributed by atoms with E-state index in [-0.39, 0.29) is 24.4 Å². The maximum atomic E-state index is 13.3. The fourth-order valence-electron chi connectivity index (χ4n) is 5.89. The van der Waals surface area contributed by atoms with E-state index in [1.165, 1.54) is 19.3 Å². The molecular formula is C22H27N3O3. The highest BCUT2D eigenvalue weighted by Crippen LogP contribution is 2.41. The maximum Gasteiger partial charge on any atom is 0.325 e. The van der Waals surface area contributed by atoms with Crippen LogP contribution in [0.5, 0.6) is 0 Å². The molecule has 3 fully saturated rings. The minimum atomic E-state index is -0.983. The normalized spacial score (nSPS) is 31.7. The molecule has 1 aromatic rings. The standard InChI is InChI=1S/C22H27N3O3/c26-19(24-13-5-8-16-7-2-4-10-18(16)24)14-25-20(27)22(23-21(25)28)12-11-15-6-1-3-9-17(15)22/h1,3,6,9,16,18H,2,4-5,7-8,10-14H2,(H,23,28)/t16-,18-,22-/m0/s1. The summed E-state index contributed by atoms with van der Waals surface area (Å²) in [7, 11) is 0. The number of piperidine rings is 1. The number of rotatable bonds is 2. The summed E-state index contributed by atoms with van der Waals surface area (Å²) in [5.41, 5.74) is 1.00. The first kappa shape index (κ1) is 17.7. The summed E-state index contributed by atoms with van der Waals surface area (Å²) in [6.45, 7) is 0.607. The molecule has 28 heavy (non-hydrogen) atoms. The Kier molecular flexibility index (Phi) is 4.18. The van der Waals surface area contributed by atoms with Gasteiger partial charge in [0.15, 0.2) is 0 Å². The van der Waals surface area contributed by atoms with Gasteiger partial charge in [-0.15, -0.1) is 0 Å². The van der Waals surface area contributed by atoms with E-state index in [1.807, 2.05) is 29.2 Å². The number of amides is 4. The van der Waals surface area contributed by atoms with Crippen LogP contribution in [0.3, 0.4) is 0 Å². The Morgan fingerprint density at radius 3 is 2.79 bits per heavy atom. The van der Waals surface area contributed by atoms with Crippen molar-refractivity contribution in [1.82, 2.24) is 15.1 Å². The van der Waals surface area contributed by atoms with E-state index in [0.717, 1.165) is 48.3 Å². The summed E-state index contributed by atoms with van der Waals surface area (Å²) < 4.78 is 0. The van der Waals surface area contributed by atoms with E-state index >= 15 is 0 Å². The van der Waals surface area contributed by atoms with Gasteiger partial charge in [-0.3, -0.25) is 14.5 Å². The summed E-state index contributed by atoms with van der Waals surface area (Å²) in [4.78, 5) is 42.2. The third-order valence-electron chi connectivity index (χ3n) is 7.28. The molecule has 5 rings (SSSR count). The smallest absolute Gasteiger partial charge is 0.325 e. The van der Waals surface area contributed by atoms with E-state index in [4.69, 9.17) is 0 Å². The zero-order valence-corrected chi connectivity index (χ0v) is 16.2. The summed E-state index contributed by atoms with van der Waals surface area (Å²) in [5.74, 6) is 0.235. The van der Waals surface area contributed by atoms with Crippen LogP contribution in [0, 0.1) is 5.92 Å². The number of nitrogens with one attached hydrogen (secondary N) is 1. The van der Waals surface area contributed by atoms with Crippen LogP contribution in [-0.4, -0.2) is 46.8 Å². The molecule has 2 aliphatic heterocycles. The van der Waals surface area contributed by atoms with Crippen LogP contribution >= 0.6 is 0 Å². The number of carbonyl (C=O) groups is 3. The molecule has 2 aliphatic carbocycles.